The molecule has 0 aliphatic rings. The molecule has 0 atom stereocenters. The highest BCUT2D eigenvalue weighted by molar-refractivity contribution is 6.33. The van der Waals surface area contributed by atoms with Crippen LogP contribution >= 0.6 is 11.6 Å². The molecule has 0 saturated heterocycles. The number of carbonyl (C=O) groups is 1. The van der Waals surface area contributed by atoms with Crippen LogP contribution in [-0.2, 0) is 11.8 Å². The maximum atomic E-state index is 12.4. The maximum Gasteiger partial charge on any atom is 0.471 e. The predicted octanol–water partition coefficient (Wildman–Crippen LogP) is 2.27. The normalized spacial score (nSPS) is 11.7. The van der Waals surface area contributed by atoms with Crippen LogP contribution in [0.1, 0.15) is 0 Å². The standard InChI is InChI=1S/C10H6ClF5N6O4/c1-20-7(26-9(12)13)4(11)6(19-20)21-5(3(2-17-21)22(24)25)18-8(23)10(14,15)16/h2,9H,1H3,(H,18,23). The van der Waals surface area contributed by atoms with Gasteiger partial charge in [-0.05, 0) is 0 Å². The molecule has 1 amide bonds. The zero-order chi connectivity index (χ0) is 19.8. The number of rotatable bonds is 5. The molecule has 142 valence electrons. The number of aryl methyl sites for hydroxylation is 1. The van der Waals surface area contributed by atoms with Gasteiger partial charge in [0.25, 0.3) is 0 Å². The molecule has 26 heavy (non-hydrogen) atoms. The molecule has 2 aromatic rings. The first kappa shape index (κ1) is 19.4. The highest BCUT2D eigenvalue weighted by Gasteiger charge is 2.41. The molecule has 2 aromatic heterocycles. The van der Waals surface area contributed by atoms with Crippen molar-refractivity contribution in [2.24, 2.45) is 7.05 Å². The van der Waals surface area contributed by atoms with Crippen LogP contribution in [0.5, 0.6) is 5.88 Å². The van der Waals surface area contributed by atoms with Gasteiger partial charge in [0.2, 0.25) is 11.7 Å². The van der Waals surface area contributed by atoms with Gasteiger partial charge in [-0.15, -0.1) is 5.10 Å². The second kappa shape index (κ2) is 6.74. The Hall–Kier alpha value is -2.97. The van der Waals surface area contributed by atoms with Crippen LogP contribution in [0.4, 0.5) is 33.5 Å². The number of alkyl halides is 5. The molecule has 0 aliphatic carbocycles. The van der Waals surface area contributed by atoms with E-state index in [-0.39, 0.29) is 0 Å². The molecule has 0 fully saturated rings. The molecule has 0 bridgehead atoms. The molecular weight excluding hydrogens is 399 g/mol. The molecule has 0 radical (unpaired) electrons. The summed E-state index contributed by atoms with van der Waals surface area (Å²) in [6.07, 6.45) is -4.84. The second-order valence-corrected chi connectivity index (χ2v) is 4.82. The van der Waals surface area contributed by atoms with Gasteiger partial charge in [0, 0.05) is 7.05 Å². The van der Waals surface area contributed by atoms with Crippen molar-refractivity contribution >= 4 is 29.0 Å². The summed E-state index contributed by atoms with van der Waals surface area (Å²) in [6, 6.07) is 0. The second-order valence-electron chi connectivity index (χ2n) is 4.44. The highest BCUT2D eigenvalue weighted by Crippen LogP contribution is 2.35. The van der Waals surface area contributed by atoms with Crippen molar-refractivity contribution in [2.45, 2.75) is 12.8 Å². The summed E-state index contributed by atoms with van der Waals surface area (Å²) in [4.78, 5) is 20.9. The SMILES string of the molecule is Cn1nc(-n2ncc([N+](=O)[O-])c2NC(=O)C(F)(F)F)c(Cl)c1OC(F)F. The van der Waals surface area contributed by atoms with Gasteiger partial charge in [-0.2, -0.15) is 31.7 Å². The zero-order valence-corrected chi connectivity index (χ0v) is 13.0. The van der Waals surface area contributed by atoms with Crippen molar-refractivity contribution in [3.05, 3.63) is 21.3 Å². The molecular formula is C10H6ClF5N6O4. The van der Waals surface area contributed by atoms with Crippen molar-refractivity contribution in [3.63, 3.8) is 0 Å². The average Bonchev–Trinajstić information content (AvgIpc) is 3.02. The number of carbonyl (C=O) groups excluding carboxylic acids is 1. The Bertz CT molecular complexity index is 863. The van der Waals surface area contributed by atoms with E-state index in [0.717, 1.165) is 7.05 Å². The van der Waals surface area contributed by atoms with Crippen LogP contribution in [0.25, 0.3) is 5.82 Å². The number of nitrogens with zero attached hydrogens (tertiary/aromatic N) is 5. The lowest BCUT2D eigenvalue weighted by Gasteiger charge is -2.08. The van der Waals surface area contributed by atoms with Crippen molar-refractivity contribution in [2.75, 3.05) is 5.32 Å². The molecule has 0 aromatic carbocycles. The average molecular weight is 405 g/mol. The number of hydrogen-bond donors (Lipinski definition) is 1. The fourth-order valence-corrected chi connectivity index (χ4v) is 2.03. The molecule has 2 heterocycles. The third-order valence-corrected chi connectivity index (χ3v) is 3.09. The Balaban J connectivity index is 2.58. The third kappa shape index (κ3) is 3.66. The number of nitro groups is 1. The molecule has 0 aliphatic heterocycles. The summed E-state index contributed by atoms with van der Waals surface area (Å²) < 4.78 is 67.2. The molecule has 0 saturated carbocycles. The summed E-state index contributed by atoms with van der Waals surface area (Å²) in [6.45, 7) is -3.30. The van der Waals surface area contributed by atoms with Crippen molar-refractivity contribution < 1.29 is 36.4 Å². The van der Waals surface area contributed by atoms with Crippen LogP contribution in [0, 0.1) is 10.1 Å². The minimum absolute atomic E-state index is 0.377. The van der Waals surface area contributed by atoms with Gasteiger partial charge in [-0.1, -0.05) is 11.6 Å². The van der Waals surface area contributed by atoms with E-state index >= 15 is 0 Å². The van der Waals surface area contributed by atoms with Crippen LogP contribution in [0.2, 0.25) is 5.02 Å². The number of ether oxygens (including phenoxy) is 1. The molecule has 10 nitrogen and oxygen atoms in total. The van der Waals surface area contributed by atoms with E-state index in [2.05, 4.69) is 14.9 Å². The number of aromatic nitrogens is 4. The number of anilines is 1. The van der Waals surface area contributed by atoms with E-state index in [0.29, 0.717) is 15.6 Å². The van der Waals surface area contributed by atoms with E-state index < -0.39 is 51.8 Å². The number of hydrogen-bond acceptors (Lipinski definition) is 6. The summed E-state index contributed by atoms with van der Waals surface area (Å²) in [5.41, 5.74) is -1.01. The van der Waals surface area contributed by atoms with Crippen molar-refractivity contribution in [1.82, 2.24) is 19.6 Å². The lowest BCUT2D eigenvalue weighted by Crippen LogP contribution is -2.31. The maximum absolute atomic E-state index is 12.4. The van der Waals surface area contributed by atoms with Crippen LogP contribution < -0.4 is 10.1 Å². The Labute approximate surface area is 144 Å². The van der Waals surface area contributed by atoms with Gasteiger partial charge in [-0.3, -0.25) is 20.2 Å². The third-order valence-electron chi connectivity index (χ3n) is 2.76. The smallest absolute Gasteiger partial charge is 0.415 e. The fourth-order valence-electron chi connectivity index (χ4n) is 1.75. The van der Waals surface area contributed by atoms with E-state index in [1.165, 1.54) is 5.32 Å². The topological polar surface area (TPSA) is 117 Å². The van der Waals surface area contributed by atoms with E-state index in [9.17, 15) is 36.9 Å². The highest BCUT2D eigenvalue weighted by atomic mass is 35.5. The molecule has 2 rings (SSSR count). The van der Waals surface area contributed by atoms with Crippen LogP contribution in [0.15, 0.2) is 6.20 Å². The van der Waals surface area contributed by atoms with Crippen LogP contribution in [0.3, 0.4) is 0 Å². The summed E-state index contributed by atoms with van der Waals surface area (Å²) in [7, 11) is 1.11. The first-order chi connectivity index (χ1) is 11.9. The zero-order valence-electron chi connectivity index (χ0n) is 12.3. The number of amides is 1. The van der Waals surface area contributed by atoms with Gasteiger partial charge in [0.1, 0.15) is 11.2 Å². The van der Waals surface area contributed by atoms with Crippen LogP contribution in [-0.4, -0.2) is 43.2 Å². The fraction of sp³-hybridized carbons (Fsp3) is 0.300. The quantitative estimate of drug-likeness (QED) is 0.464. The first-order valence-electron chi connectivity index (χ1n) is 6.21. The Kier molecular flexibility index (Phi) is 5.02. The van der Waals surface area contributed by atoms with E-state index in [4.69, 9.17) is 11.6 Å². The Morgan fingerprint density at radius 1 is 1.46 bits per heavy atom. The molecule has 16 heteroatoms. The first-order valence-corrected chi connectivity index (χ1v) is 6.59. The van der Waals surface area contributed by atoms with Gasteiger partial charge >= 0.3 is 24.4 Å². The number of halogens is 6. The Morgan fingerprint density at radius 2 is 2.08 bits per heavy atom. The molecule has 1 N–H and O–H groups in total. The Morgan fingerprint density at radius 3 is 2.58 bits per heavy atom. The van der Waals surface area contributed by atoms with E-state index in [1.54, 1.807) is 0 Å². The monoisotopic (exact) mass is 404 g/mol. The predicted molar refractivity (Wildman–Crippen MR) is 73.3 cm³/mol. The number of nitrogens with one attached hydrogen (secondary N) is 1. The lowest BCUT2D eigenvalue weighted by atomic mass is 10.4. The minimum atomic E-state index is -5.36. The molecule has 0 spiro atoms. The van der Waals surface area contributed by atoms with Gasteiger partial charge in [0.15, 0.2) is 5.82 Å². The van der Waals surface area contributed by atoms with Gasteiger partial charge < -0.3 is 4.74 Å². The van der Waals surface area contributed by atoms with Gasteiger partial charge in [-0.25, -0.2) is 4.68 Å². The summed E-state index contributed by atoms with van der Waals surface area (Å²) >= 11 is 5.79. The van der Waals surface area contributed by atoms with E-state index in [1.807, 2.05) is 0 Å². The van der Waals surface area contributed by atoms with Crippen molar-refractivity contribution in [3.8, 4) is 11.7 Å². The summed E-state index contributed by atoms with van der Waals surface area (Å²) in [5, 5.41) is 18.6. The molecule has 0 unspecified atom stereocenters. The van der Waals surface area contributed by atoms with Gasteiger partial charge in [0.05, 0.1) is 4.92 Å². The van der Waals surface area contributed by atoms with Crippen molar-refractivity contribution in [1.29, 1.82) is 0 Å². The lowest BCUT2D eigenvalue weighted by molar-refractivity contribution is -0.384. The summed E-state index contributed by atoms with van der Waals surface area (Å²) in [5.74, 6) is -4.82. The minimum Gasteiger partial charge on any atom is -0.415 e. The largest absolute Gasteiger partial charge is 0.471 e.